The Bertz CT molecular complexity index is 1360. The number of aromatic nitrogens is 1. The number of H-pyrrole nitrogens is 1. The van der Waals surface area contributed by atoms with Crippen LogP contribution in [-0.2, 0) is 9.84 Å². The maximum absolute atomic E-state index is 13.1. The maximum Gasteiger partial charge on any atom is 0.216 e. The highest BCUT2D eigenvalue weighted by molar-refractivity contribution is 7.95. The van der Waals surface area contributed by atoms with Crippen molar-refractivity contribution in [2.45, 2.75) is 11.8 Å². The van der Waals surface area contributed by atoms with E-state index in [0.29, 0.717) is 5.56 Å². The molecule has 142 valence electrons. The minimum Gasteiger partial charge on any atom is -0.354 e. The number of para-hydroxylation sites is 1. The number of benzene rings is 3. The van der Waals surface area contributed by atoms with Crippen molar-refractivity contribution in [1.82, 2.24) is 4.98 Å². The lowest BCUT2D eigenvalue weighted by Gasteiger charge is -2.05. The summed E-state index contributed by atoms with van der Waals surface area (Å²) in [5.41, 5.74) is 4.20. The second-order valence-electron chi connectivity index (χ2n) is 6.76. The highest BCUT2D eigenvalue weighted by Gasteiger charge is 2.22. The Morgan fingerprint density at radius 2 is 1.59 bits per heavy atom. The Labute approximate surface area is 169 Å². The summed E-state index contributed by atoms with van der Waals surface area (Å²) in [7, 11) is -3.93. The average molecular weight is 398 g/mol. The fourth-order valence-corrected chi connectivity index (χ4v) is 4.43. The van der Waals surface area contributed by atoms with Crippen LogP contribution in [0.25, 0.3) is 28.2 Å². The van der Waals surface area contributed by atoms with Gasteiger partial charge >= 0.3 is 0 Å². The van der Waals surface area contributed by atoms with Crippen molar-refractivity contribution in [3.8, 4) is 17.3 Å². The summed E-state index contributed by atoms with van der Waals surface area (Å²) in [5.74, 6) is 0. The molecule has 0 aliphatic heterocycles. The van der Waals surface area contributed by atoms with E-state index in [1.165, 1.54) is 18.2 Å². The molecule has 4 rings (SSSR count). The standard InChI is InChI=1S/C24H18N2O2S/c1-17-11-13-19(14-12-17)29(27,28)20(16-25)15-22-21-9-5-6-10-23(21)26-24(22)18-7-3-2-4-8-18/h2-15,26H,1H3/b20-15+. The molecule has 3 aromatic carbocycles. The van der Waals surface area contributed by atoms with E-state index in [2.05, 4.69) is 4.98 Å². The van der Waals surface area contributed by atoms with Gasteiger partial charge in [-0.25, -0.2) is 8.42 Å². The topological polar surface area (TPSA) is 73.7 Å². The summed E-state index contributed by atoms with van der Waals surface area (Å²) in [4.78, 5) is 3.18. The lowest BCUT2D eigenvalue weighted by Crippen LogP contribution is -2.03. The molecule has 0 saturated heterocycles. The van der Waals surface area contributed by atoms with Gasteiger partial charge in [0.25, 0.3) is 0 Å². The van der Waals surface area contributed by atoms with Gasteiger partial charge in [0.2, 0.25) is 9.84 Å². The van der Waals surface area contributed by atoms with Crippen LogP contribution in [0, 0.1) is 18.3 Å². The number of fused-ring (bicyclic) bond motifs is 1. The van der Waals surface area contributed by atoms with Crippen molar-refractivity contribution in [3.63, 3.8) is 0 Å². The van der Waals surface area contributed by atoms with E-state index in [1.54, 1.807) is 12.1 Å². The third kappa shape index (κ3) is 3.46. The summed E-state index contributed by atoms with van der Waals surface area (Å²) >= 11 is 0. The summed E-state index contributed by atoms with van der Waals surface area (Å²) in [6.07, 6.45) is 1.47. The molecule has 0 atom stereocenters. The van der Waals surface area contributed by atoms with Gasteiger partial charge in [-0.15, -0.1) is 0 Å². The molecule has 5 heteroatoms. The number of sulfone groups is 1. The molecule has 1 heterocycles. The first-order valence-electron chi connectivity index (χ1n) is 9.10. The largest absolute Gasteiger partial charge is 0.354 e. The quantitative estimate of drug-likeness (QED) is 0.463. The lowest BCUT2D eigenvalue weighted by atomic mass is 10.0. The number of nitriles is 1. The van der Waals surface area contributed by atoms with E-state index < -0.39 is 9.84 Å². The van der Waals surface area contributed by atoms with Crippen molar-refractivity contribution in [2.75, 3.05) is 0 Å². The highest BCUT2D eigenvalue weighted by atomic mass is 32.2. The minimum atomic E-state index is -3.93. The van der Waals surface area contributed by atoms with Crippen molar-refractivity contribution < 1.29 is 8.42 Å². The van der Waals surface area contributed by atoms with E-state index in [-0.39, 0.29) is 9.80 Å². The number of allylic oxidation sites excluding steroid dienone is 1. The third-order valence-electron chi connectivity index (χ3n) is 4.82. The number of aryl methyl sites for hydroxylation is 1. The second kappa shape index (κ2) is 7.42. The molecule has 0 aliphatic rings. The minimum absolute atomic E-state index is 0.108. The Morgan fingerprint density at radius 1 is 0.931 bits per heavy atom. The zero-order valence-corrected chi connectivity index (χ0v) is 16.6. The van der Waals surface area contributed by atoms with Crippen LogP contribution in [0.5, 0.6) is 0 Å². The van der Waals surface area contributed by atoms with Crippen molar-refractivity contribution in [3.05, 3.63) is 94.9 Å². The number of rotatable bonds is 4. The van der Waals surface area contributed by atoms with Crippen LogP contribution in [0.1, 0.15) is 11.1 Å². The fourth-order valence-electron chi connectivity index (χ4n) is 3.29. The van der Waals surface area contributed by atoms with Gasteiger partial charge in [-0.2, -0.15) is 5.26 Å². The van der Waals surface area contributed by atoms with Crippen LogP contribution in [0.3, 0.4) is 0 Å². The molecule has 0 spiro atoms. The fraction of sp³-hybridized carbons (Fsp3) is 0.0417. The first-order chi connectivity index (χ1) is 14.0. The zero-order chi connectivity index (χ0) is 20.4. The van der Waals surface area contributed by atoms with Crippen LogP contribution < -0.4 is 0 Å². The SMILES string of the molecule is Cc1ccc(S(=O)(=O)/C(C#N)=C/c2c(-c3ccccc3)[nH]c3ccccc23)cc1. The van der Waals surface area contributed by atoms with Crippen LogP contribution in [0.15, 0.2) is 88.7 Å². The number of nitrogens with zero attached hydrogens (tertiary/aromatic N) is 1. The van der Waals surface area contributed by atoms with Gasteiger partial charge in [0.1, 0.15) is 11.0 Å². The van der Waals surface area contributed by atoms with Crippen molar-refractivity contribution in [2.24, 2.45) is 0 Å². The molecule has 1 N–H and O–H groups in total. The Hall–Kier alpha value is -3.62. The van der Waals surface area contributed by atoms with Gasteiger partial charge < -0.3 is 4.98 Å². The van der Waals surface area contributed by atoms with Crippen molar-refractivity contribution >= 4 is 26.8 Å². The van der Waals surface area contributed by atoms with Gasteiger partial charge in [-0.05, 0) is 36.8 Å². The third-order valence-corrected chi connectivity index (χ3v) is 6.50. The molecule has 4 nitrogen and oxygen atoms in total. The molecule has 4 aromatic rings. The summed E-state index contributed by atoms with van der Waals surface area (Å²) in [5, 5.41) is 10.6. The molecule has 0 fully saturated rings. The predicted octanol–water partition coefficient (Wildman–Crippen LogP) is 5.48. The summed E-state index contributed by atoms with van der Waals surface area (Å²) in [6, 6.07) is 25.7. The number of nitrogens with one attached hydrogen (secondary N) is 1. The monoisotopic (exact) mass is 398 g/mol. The highest BCUT2D eigenvalue weighted by Crippen LogP contribution is 2.33. The molecule has 0 saturated carbocycles. The van der Waals surface area contributed by atoms with Crippen LogP contribution in [0.2, 0.25) is 0 Å². The Balaban J connectivity index is 1.95. The lowest BCUT2D eigenvalue weighted by molar-refractivity contribution is 0.603. The summed E-state index contributed by atoms with van der Waals surface area (Å²) in [6.45, 7) is 1.88. The van der Waals surface area contributed by atoms with Crippen LogP contribution in [-0.4, -0.2) is 13.4 Å². The van der Waals surface area contributed by atoms with Gasteiger partial charge in [0, 0.05) is 16.5 Å². The van der Waals surface area contributed by atoms with E-state index >= 15 is 0 Å². The van der Waals surface area contributed by atoms with Crippen LogP contribution in [0.4, 0.5) is 0 Å². The molecule has 0 unspecified atom stereocenters. The molecule has 0 amide bonds. The van der Waals surface area contributed by atoms with Crippen molar-refractivity contribution in [1.29, 1.82) is 5.26 Å². The first-order valence-corrected chi connectivity index (χ1v) is 10.6. The smallest absolute Gasteiger partial charge is 0.216 e. The van der Waals surface area contributed by atoms with Gasteiger partial charge in [0.15, 0.2) is 0 Å². The average Bonchev–Trinajstić information content (AvgIpc) is 3.11. The van der Waals surface area contributed by atoms with E-state index in [9.17, 15) is 13.7 Å². The maximum atomic E-state index is 13.1. The predicted molar refractivity (Wildman–Crippen MR) is 116 cm³/mol. The summed E-state index contributed by atoms with van der Waals surface area (Å²) < 4.78 is 26.2. The van der Waals surface area contributed by atoms with Gasteiger partial charge in [0.05, 0.1) is 10.6 Å². The normalized spacial score (nSPS) is 12.1. The van der Waals surface area contributed by atoms with Gasteiger partial charge in [-0.3, -0.25) is 0 Å². The number of aromatic amines is 1. The number of hydrogen-bond acceptors (Lipinski definition) is 3. The molecular weight excluding hydrogens is 380 g/mol. The van der Waals surface area contributed by atoms with Gasteiger partial charge in [-0.1, -0.05) is 66.2 Å². The molecule has 0 aliphatic carbocycles. The second-order valence-corrected chi connectivity index (χ2v) is 8.68. The molecule has 0 bridgehead atoms. The Morgan fingerprint density at radius 3 is 2.28 bits per heavy atom. The van der Waals surface area contributed by atoms with E-state index in [0.717, 1.165) is 27.7 Å². The van der Waals surface area contributed by atoms with Crippen LogP contribution >= 0.6 is 0 Å². The Kier molecular flexibility index (Phi) is 4.79. The molecule has 29 heavy (non-hydrogen) atoms. The first kappa shape index (κ1) is 18.7. The van der Waals surface area contributed by atoms with E-state index in [4.69, 9.17) is 0 Å². The molecular formula is C24H18N2O2S. The number of hydrogen-bond donors (Lipinski definition) is 1. The zero-order valence-electron chi connectivity index (χ0n) is 15.8. The molecule has 0 radical (unpaired) electrons. The van der Waals surface area contributed by atoms with E-state index in [1.807, 2.05) is 67.6 Å². The molecule has 1 aromatic heterocycles.